The topological polar surface area (TPSA) is 69.4 Å². The van der Waals surface area contributed by atoms with E-state index in [4.69, 9.17) is 10.5 Å². The van der Waals surface area contributed by atoms with Crippen LogP contribution in [0, 0.1) is 0 Å². The highest BCUT2D eigenvalue weighted by Crippen LogP contribution is 2.37. The quantitative estimate of drug-likeness (QED) is 0.929. The summed E-state index contributed by atoms with van der Waals surface area (Å²) < 4.78 is 29.4. The Morgan fingerprint density at radius 3 is 2.60 bits per heavy atom. The van der Waals surface area contributed by atoms with Crippen LogP contribution in [0.3, 0.4) is 0 Å². The van der Waals surface area contributed by atoms with Gasteiger partial charge < -0.3 is 10.5 Å². The van der Waals surface area contributed by atoms with Crippen LogP contribution in [-0.2, 0) is 15.4 Å². The summed E-state index contributed by atoms with van der Waals surface area (Å²) in [6.07, 6.45) is 1.07. The summed E-state index contributed by atoms with van der Waals surface area (Å²) in [5.41, 5.74) is 6.77. The van der Waals surface area contributed by atoms with Crippen molar-refractivity contribution in [1.29, 1.82) is 0 Å². The van der Waals surface area contributed by atoms with Gasteiger partial charge >= 0.3 is 0 Å². The molecule has 0 aromatic heterocycles. The van der Waals surface area contributed by atoms with Crippen LogP contribution in [0.2, 0.25) is 0 Å². The zero-order valence-electron chi connectivity index (χ0n) is 12.3. The van der Waals surface area contributed by atoms with E-state index in [2.05, 4.69) is 0 Å². The summed E-state index contributed by atoms with van der Waals surface area (Å²) in [6, 6.07) is 7.62. The molecule has 0 bridgehead atoms. The van der Waals surface area contributed by atoms with E-state index < -0.39 is 20.1 Å². The van der Waals surface area contributed by atoms with Crippen LogP contribution in [0.4, 0.5) is 0 Å². The van der Waals surface area contributed by atoms with E-state index in [9.17, 15) is 8.42 Å². The average Bonchev–Trinajstić information content (AvgIpc) is 2.36. The van der Waals surface area contributed by atoms with Crippen molar-refractivity contribution in [3.63, 3.8) is 0 Å². The Morgan fingerprint density at radius 1 is 1.30 bits per heavy atom. The summed E-state index contributed by atoms with van der Waals surface area (Å²) >= 11 is 0. The summed E-state index contributed by atoms with van der Waals surface area (Å²) in [5.74, 6) is 0.871. The molecule has 1 aliphatic rings. The molecule has 5 heteroatoms. The molecule has 2 rings (SSSR count). The normalized spacial score (nSPS) is 23.0. The lowest BCUT2D eigenvalue weighted by atomic mass is 9.83. The minimum Gasteiger partial charge on any atom is -0.493 e. The minimum absolute atomic E-state index is 0.0985. The molecule has 0 saturated carbocycles. The first-order chi connectivity index (χ1) is 9.16. The lowest BCUT2D eigenvalue weighted by Gasteiger charge is -2.36. The largest absolute Gasteiger partial charge is 0.493 e. The van der Waals surface area contributed by atoms with Crippen LogP contribution in [-0.4, -0.2) is 25.5 Å². The third-order valence-electron chi connectivity index (χ3n) is 3.98. The predicted octanol–water partition coefficient (Wildman–Crippen LogP) is 2.23. The van der Waals surface area contributed by atoms with Gasteiger partial charge in [0, 0.05) is 17.5 Å². The molecule has 0 spiro atoms. The van der Waals surface area contributed by atoms with Crippen molar-refractivity contribution in [3.8, 4) is 5.75 Å². The third-order valence-corrected chi connectivity index (χ3v) is 6.59. The third kappa shape index (κ3) is 2.83. The van der Waals surface area contributed by atoms with E-state index in [-0.39, 0.29) is 5.75 Å². The van der Waals surface area contributed by atoms with E-state index in [0.717, 1.165) is 11.3 Å². The van der Waals surface area contributed by atoms with Crippen LogP contribution in [0.25, 0.3) is 0 Å². The van der Waals surface area contributed by atoms with Gasteiger partial charge in [-0.25, -0.2) is 8.42 Å². The second kappa shape index (κ2) is 5.04. The fraction of sp³-hybridized carbons (Fsp3) is 0.600. The molecule has 112 valence electrons. The first kappa shape index (κ1) is 15.3. The Labute approximate surface area is 121 Å². The second-order valence-corrected chi connectivity index (χ2v) is 9.29. The second-order valence-electron chi connectivity index (χ2n) is 6.43. The Hall–Kier alpha value is -1.07. The fourth-order valence-electron chi connectivity index (χ4n) is 2.36. The van der Waals surface area contributed by atoms with Gasteiger partial charge in [-0.05, 0) is 33.3 Å². The number of rotatable bonds is 3. The molecule has 0 aliphatic carbocycles. The average molecular weight is 297 g/mol. The number of sulfone groups is 1. The lowest BCUT2D eigenvalue weighted by Crippen LogP contribution is -2.44. The molecule has 4 nitrogen and oxygen atoms in total. The Bertz CT molecular complexity index is 589. The van der Waals surface area contributed by atoms with Crippen molar-refractivity contribution in [2.45, 2.75) is 43.9 Å². The minimum atomic E-state index is -3.16. The zero-order chi connectivity index (χ0) is 15.0. The van der Waals surface area contributed by atoms with Crippen molar-refractivity contribution >= 4 is 9.84 Å². The van der Waals surface area contributed by atoms with Gasteiger partial charge in [-0.1, -0.05) is 18.2 Å². The standard InChI is InChI=1S/C15H23NO3S/c1-14(2,3)20(17,18)11-9-15(16)8-10-19-13-7-5-4-6-12(13)15/h4-7H,8-11,16H2,1-3H3. The van der Waals surface area contributed by atoms with Crippen molar-refractivity contribution in [2.75, 3.05) is 12.4 Å². The van der Waals surface area contributed by atoms with Gasteiger partial charge in [-0.15, -0.1) is 0 Å². The van der Waals surface area contributed by atoms with Gasteiger partial charge in [-0.3, -0.25) is 0 Å². The molecule has 1 aliphatic heterocycles. The molecule has 20 heavy (non-hydrogen) atoms. The van der Waals surface area contributed by atoms with Crippen LogP contribution in [0.15, 0.2) is 24.3 Å². The van der Waals surface area contributed by atoms with E-state index >= 15 is 0 Å². The molecule has 1 heterocycles. The van der Waals surface area contributed by atoms with Crippen LogP contribution in [0.5, 0.6) is 5.75 Å². The Balaban J connectivity index is 2.23. The SMILES string of the molecule is CC(C)(C)S(=O)(=O)CCC1(N)CCOc2ccccc21. The first-order valence-corrected chi connectivity index (χ1v) is 8.54. The molecular weight excluding hydrogens is 274 g/mol. The van der Waals surface area contributed by atoms with Crippen molar-refractivity contribution in [2.24, 2.45) is 5.73 Å². The molecule has 0 saturated heterocycles. The van der Waals surface area contributed by atoms with E-state index in [0.29, 0.717) is 19.4 Å². The van der Waals surface area contributed by atoms with Crippen molar-refractivity contribution < 1.29 is 13.2 Å². The maximum atomic E-state index is 12.3. The number of hydrogen-bond acceptors (Lipinski definition) is 4. The summed E-state index contributed by atoms with van der Waals surface area (Å²) in [7, 11) is -3.16. The molecule has 0 radical (unpaired) electrons. The molecule has 0 fully saturated rings. The molecule has 1 aromatic carbocycles. The van der Waals surface area contributed by atoms with Crippen molar-refractivity contribution in [1.82, 2.24) is 0 Å². The van der Waals surface area contributed by atoms with Crippen LogP contribution < -0.4 is 10.5 Å². The lowest BCUT2D eigenvalue weighted by molar-refractivity contribution is 0.213. The van der Waals surface area contributed by atoms with Gasteiger partial charge in [0.2, 0.25) is 0 Å². The number of benzene rings is 1. The highest BCUT2D eigenvalue weighted by molar-refractivity contribution is 7.92. The van der Waals surface area contributed by atoms with Gasteiger partial charge in [0.1, 0.15) is 5.75 Å². The van der Waals surface area contributed by atoms with Crippen LogP contribution in [0.1, 0.15) is 39.2 Å². The van der Waals surface area contributed by atoms with E-state index in [1.54, 1.807) is 20.8 Å². The number of nitrogens with two attached hydrogens (primary N) is 1. The Morgan fingerprint density at radius 2 is 1.95 bits per heavy atom. The number of para-hydroxylation sites is 1. The number of ether oxygens (including phenoxy) is 1. The number of hydrogen-bond donors (Lipinski definition) is 1. The highest BCUT2D eigenvalue weighted by atomic mass is 32.2. The Kier molecular flexibility index (Phi) is 3.86. The predicted molar refractivity (Wildman–Crippen MR) is 80.6 cm³/mol. The van der Waals surface area contributed by atoms with Crippen molar-refractivity contribution in [3.05, 3.63) is 29.8 Å². The zero-order valence-corrected chi connectivity index (χ0v) is 13.2. The van der Waals surface area contributed by atoms with Gasteiger partial charge in [0.15, 0.2) is 9.84 Å². The molecule has 2 N–H and O–H groups in total. The smallest absolute Gasteiger partial charge is 0.155 e. The highest BCUT2D eigenvalue weighted by Gasteiger charge is 2.37. The molecule has 1 atom stereocenters. The molecule has 1 aromatic rings. The van der Waals surface area contributed by atoms with E-state index in [1.165, 1.54) is 0 Å². The van der Waals surface area contributed by atoms with Gasteiger partial charge in [0.05, 0.1) is 17.1 Å². The maximum absolute atomic E-state index is 12.3. The summed E-state index contributed by atoms with van der Waals surface area (Å²) in [4.78, 5) is 0. The van der Waals surface area contributed by atoms with Crippen LogP contribution >= 0.6 is 0 Å². The molecule has 1 unspecified atom stereocenters. The molecule has 0 amide bonds. The van der Waals surface area contributed by atoms with Gasteiger partial charge in [0.25, 0.3) is 0 Å². The maximum Gasteiger partial charge on any atom is 0.155 e. The fourth-order valence-corrected chi connectivity index (χ4v) is 3.61. The van der Waals surface area contributed by atoms with Gasteiger partial charge in [-0.2, -0.15) is 0 Å². The van der Waals surface area contributed by atoms with E-state index in [1.807, 2.05) is 24.3 Å². The summed E-state index contributed by atoms with van der Waals surface area (Å²) in [6.45, 7) is 5.71. The first-order valence-electron chi connectivity index (χ1n) is 6.89. The summed E-state index contributed by atoms with van der Waals surface area (Å²) in [5, 5.41) is 0. The number of fused-ring (bicyclic) bond motifs is 1. The monoisotopic (exact) mass is 297 g/mol. The molecular formula is C15H23NO3S.